The minimum absolute atomic E-state index is 0.434. The molecule has 1 aromatic rings. The second-order valence-corrected chi connectivity index (χ2v) is 5.72. The van der Waals surface area contributed by atoms with E-state index in [2.05, 4.69) is 36.5 Å². The Labute approximate surface area is 111 Å². The van der Waals surface area contributed by atoms with E-state index in [1.807, 2.05) is 11.7 Å². The molecule has 1 unspecified atom stereocenters. The van der Waals surface area contributed by atoms with Crippen LogP contribution in [0.2, 0.25) is 0 Å². The molecule has 0 saturated heterocycles. The lowest BCUT2D eigenvalue weighted by atomic mass is 9.75. The Bertz CT molecular complexity index is 364. The maximum atomic E-state index is 4.66. The van der Waals surface area contributed by atoms with Gasteiger partial charge in [0.15, 0.2) is 0 Å². The van der Waals surface area contributed by atoms with Crippen molar-refractivity contribution in [3.05, 3.63) is 18.0 Å². The average molecular weight is 249 g/mol. The van der Waals surface area contributed by atoms with E-state index in [4.69, 9.17) is 0 Å². The maximum absolute atomic E-state index is 4.66. The number of hydrogen-bond acceptors (Lipinski definition) is 2. The van der Waals surface area contributed by atoms with Crippen LogP contribution in [0.5, 0.6) is 0 Å². The van der Waals surface area contributed by atoms with E-state index in [-0.39, 0.29) is 0 Å². The third-order valence-corrected chi connectivity index (χ3v) is 4.54. The second-order valence-electron chi connectivity index (χ2n) is 5.72. The van der Waals surface area contributed by atoms with Crippen molar-refractivity contribution in [2.24, 2.45) is 12.5 Å². The van der Waals surface area contributed by atoms with E-state index in [1.165, 1.54) is 44.2 Å². The van der Waals surface area contributed by atoms with Gasteiger partial charge >= 0.3 is 0 Å². The van der Waals surface area contributed by atoms with E-state index >= 15 is 0 Å². The van der Waals surface area contributed by atoms with Crippen molar-refractivity contribution >= 4 is 0 Å². The molecule has 102 valence electrons. The van der Waals surface area contributed by atoms with Crippen molar-refractivity contribution < 1.29 is 0 Å². The summed E-state index contributed by atoms with van der Waals surface area (Å²) in [6, 6.07) is 2.62. The second kappa shape index (κ2) is 5.87. The van der Waals surface area contributed by atoms with Crippen molar-refractivity contribution in [1.29, 1.82) is 0 Å². The van der Waals surface area contributed by atoms with Crippen molar-refractivity contribution in [1.82, 2.24) is 15.1 Å². The topological polar surface area (TPSA) is 29.9 Å². The van der Waals surface area contributed by atoms with Gasteiger partial charge in [0.25, 0.3) is 0 Å². The quantitative estimate of drug-likeness (QED) is 0.837. The third kappa shape index (κ3) is 2.61. The fourth-order valence-electron chi connectivity index (χ4n) is 3.44. The zero-order chi connectivity index (χ0) is 13.0. The molecule has 3 nitrogen and oxygen atoms in total. The summed E-state index contributed by atoms with van der Waals surface area (Å²) in [6.07, 6.45) is 9.96. The Hall–Kier alpha value is -0.830. The molecule has 18 heavy (non-hydrogen) atoms. The first kappa shape index (κ1) is 13.6. The summed E-state index contributed by atoms with van der Waals surface area (Å²) in [7, 11) is 2.01. The van der Waals surface area contributed by atoms with Gasteiger partial charge in [0, 0.05) is 13.2 Å². The highest BCUT2D eigenvalue weighted by atomic mass is 15.3. The largest absolute Gasteiger partial charge is 0.308 e. The van der Waals surface area contributed by atoms with E-state index < -0.39 is 0 Å². The Morgan fingerprint density at radius 1 is 1.39 bits per heavy atom. The molecule has 1 aliphatic carbocycles. The third-order valence-electron chi connectivity index (χ3n) is 4.54. The van der Waals surface area contributed by atoms with Gasteiger partial charge in [0.1, 0.15) is 0 Å². The molecule has 1 saturated carbocycles. The Balaban J connectivity index is 2.23. The van der Waals surface area contributed by atoms with Gasteiger partial charge in [0.05, 0.1) is 11.7 Å². The van der Waals surface area contributed by atoms with Crippen molar-refractivity contribution in [3.8, 4) is 0 Å². The summed E-state index contributed by atoms with van der Waals surface area (Å²) in [5, 5.41) is 8.41. The summed E-state index contributed by atoms with van der Waals surface area (Å²) in [6.45, 7) is 5.66. The predicted octanol–water partition coefficient (Wildman–Crippen LogP) is 3.43. The molecule has 1 aromatic heterocycles. The molecular formula is C15H27N3. The summed E-state index contributed by atoms with van der Waals surface area (Å²) < 4.78 is 1.92. The molecule has 1 aliphatic rings. The Morgan fingerprint density at radius 3 is 2.61 bits per heavy atom. The molecular weight excluding hydrogens is 222 g/mol. The van der Waals surface area contributed by atoms with Gasteiger partial charge in [-0.15, -0.1) is 0 Å². The number of nitrogens with one attached hydrogen (secondary N) is 1. The van der Waals surface area contributed by atoms with Crippen molar-refractivity contribution in [2.75, 3.05) is 6.54 Å². The molecule has 0 amide bonds. The van der Waals surface area contributed by atoms with Crippen LogP contribution in [0.15, 0.2) is 12.3 Å². The zero-order valence-corrected chi connectivity index (χ0v) is 12.1. The number of nitrogens with zero attached hydrogens (tertiary/aromatic N) is 2. The van der Waals surface area contributed by atoms with Crippen molar-refractivity contribution in [3.63, 3.8) is 0 Å². The maximum Gasteiger partial charge on any atom is 0.0799 e. The van der Waals surface area contributed by atoms with Crippen LogP contribution in [0.25, 0.3) is 0 Å². The zero-order valence-electron chi connectivity index (χ0n) is 12.1. The molecule has 0 bridgehead atoms. The summed E-state index contributed by atoms with van der Waals surface area (Å²) >= 11 is 0. The van der Waals surface area contributed by atoms with Gasteiger partial charge in [-0.25, -0.2) is 0 Å². The average Bonchev–Trinajstić information content (AvgIpc) is 3.00. The fourth-order valence-corrected chi connectivity index (χ4v) is 3.44. The molecule has 1 fully saturated rings. The molecule has 0 radical (unpaired) electrons. The highest BCUT2D eigenvalue weighted by Gasteiger charge is 2.41. The summed E-state index contributed by atoms with van der Waals surface area (Å²) in [5.74, 6) is 0. The van der Waals surface area contributed by atoms with Crippen LogP contribution < -0.4 is 5.32 Å². The van der Waals surface area contributed by atoms with Crippen LogP contribution in [-0.2, 0) is 7.05 Å². The molecule has 1 atom stereocenters. The van der Waals surface area contributed by atoms with E-state index in [0.29, 0.717) is 11.5 Å². The van der Waals surface area contributed by atoms with Gasteiger partial charge in [-0.2, -0.15) is 5.10 Å². The van der Waals surface area contributed by atoms with Crippen LogP contribution in [-0.4, -0.2) is 16.3 Å². The lowest BCUT2D eigenvalue weighted by Gasteiger charge is -2.36. The van der Waals surface area contributed by atoms with Gasteiger partial charge in [0.2, 0.25) is 0 Å². The number of aromatic nitrogens is 2. The van der Waals surface area contributed by atoms with Gasteiger partial charge in [-0.3, -0.25) is 4.68 Å². The number of rotatable bonds is 6. The number of aryl methyl sites for hydroxylation is 1. The molecule has 1 heterocycles. The van der Waals surface area contributed by atoms with Crippen LogP contribution >= 0.6 is 0 Å². The van der Waals surface area contributed by atoms with Crippen LogP contribution in [0.4, 0.5) is 0 Å². The molecule has 0 aromatic carbocycles. The van der Waals surface area contributed by atoms with Gasteiger partial charge in [-0.1, -0.05) is 26.7 Å². The highest BCUT2D eigenvalue weighted by Crippen LogP contribution is 2.49. The highest BCUT2D eigenvalue weighted by molar-refractivity contribution is 5.12. The molecule has 1 N–H and O–H groups in total. The monoisotopic (exact) mass is 249 g/mol. The molecule has 3 heteroatoms. The molecule has 0 spiro atoms. The lowest BCUT2D eigenvalue weighted by molar-refractivity contribution is 0.183. The van der Waals surface area contributed by atoms with Crippen molar-refractivity contribution in [2.45, 2.75) is 58.4 Å². The molecule has 0 aliphatic heterocycles. The number of hydrogen-bond donors (Lipinski definition) is 1. The van der Waals surface area contributed by atoms with E-state index in [0.717, 1.165) is 6.54 Å². The Kier molecular flexibility index (Phi) is 4.44. The minimum atomic E-state index is 0.434. The standard InChI is InChI=1S/C15H27N3/c1-4-11-16-14(13-8-12-18(3)17-13)15(5-2)9-6-7-10-15/h8,12,14,16H,4-7,9-11H2,1-3H3. The fraction of sp³-hybridized carbons (Fsp3) is 0.800. The van der Waals surface area contributed by atoms with Crippen LogP contribution in [0.1, 0.15) is 64.1 Å². The normalized spacial score (nSPS) is 20.2. The lowest BCUT2D eigenvalue weighted by Crippen LogP contribution is -2.37. The Morgan fingerprint density at radius 2 is 2.11 bits per heavy atom. The van der Waals surface area contributed by atoms with Gasteiger partial charge < -0.3 is 5.32 Å². The first-order valence-electron chi connectivity index (χ1n) is 7.45. The minimum Gasteiger partial charge on any atom is -0.308 e. The SMILES string of the molecule is CCCNC(c1ccn(C)n1)C1(CC)CCCC1. The van der Waals surface area contributed by atoms with E-state index in [1.54, 1.807) is 0 Å². The predicted molar refractivity (Wildman–Crippen MR) is 75.4 cm³/mol. The summed E-state index contributed by atoms with van der Waals surface area (Å²) in [4.78, 5) is 0. The van der Waals surface area contributed by atoms with Crippen LogP contribution in [0, 0.1) is 5.41 Å². The van der Waals surface area contributed by atoms with Crippen LogP contribution in [0.3, 0.4) is 0 Å². The first-order valence-corrected chi connectivity index (χ1v) is 7.45. The van der Waals surface area contributed by atoms with Gasteiger partial charge in [-0.05, 0) is 43.7 Å². The summed E-state index contributed by atoms with van der Waals surface area (Å²) in [5.41, 5.74) is 1.67. The first-order chi connectivity index (χ1) is 8.72. The van der Waals surface area contributed by atoms with E-state index in [9.17, 15) is 0 Å². The smallest absolute Gasteiger partial charge is 0.0799 e. The molecule has 2 rings (SSSR count).